The van der Waals surface area contributed by atoms with E-state index in [1.807, 2.05) is 19.1 Å². The van der Waals surface area contributed by atoms with Gasteiger partial charge in [-0.25, -0.2) is 4.79 Å². The number of methoxy groups -OCH3 is 1. The molecule has 92 valence electrons. The first-order chi connectivity index (χ1) is 8.24. The average Bonchev–Trinajstić information content (AvgIpc) is 2.39. The summed E-state index contributed by atoms with van der Waals surface area (Å²) in [4.78, 5) is 11.6. The van der Waals surface area contributed by atoms with E-state index in [-0.39, 0.29) is 5.97 Å². The van der Waals surface area contributed by atoms with Crippen LogP contribution in [-0.2, 0) is 4.74 Å². The number of ether oxygens (including phenoxy) is 1. The van der Waals surface area contributed by atoms with Crippen molar-refractivity contribution in [3.05, 3.63) is 34.9 Å². The molecule has 1 aromatic rings. The van der Waals surface area contributed by atoms with Gasteiger partial charge in [-0.3, -0.25) is 0 Å². The quantitative estimate of drug-likeness (QED) is 0.796. The molecule has 0 aliphatic carbocycles. The molecule has 0 bridgehead atoms. The number of benzene rings is 1. The van der Waals surface area contributed by atoms with Gasteiger partial charge in [-0.2, -0.15) is 0 Å². The molecule has 0 spiro atoms. The monoisotopic (exact) mass is 233 g/mol. The number of rotatable bonds is 2. The van der Waals surface area contributed by atoms with Crippen LogP contribution in [0.25, 0.3) is 0 Å². The maximum atomic E-state index is 11.6. The van der Waals surface area contributed by atoms with Crippen molar-refractivity contribution < 1.29 is 9.53 Å². The lowest BCUT2D eigenvalue weighted by atomic mass is 9.86. The summed E-state index contributed by atoms with van der Waals surface area (Å²) in [5.41, 5.74) is 3.07. The van der Waals surface area contributed by atoms with Gasteiger partial charge < -0.3 is 10.1 Å². The number of carbonyl (C=O) groups is 1. The van der Waals surface area contributed by atoms with Crippen molar-refractivity contribution in [2.75, 3.05) is 20.2 Å². The van der Waals surface area contributed by atoms with Crippen LogP contribution in [0.4, 0.5) is 0 Å². The minimum absolute atomic E-state index is 0.238. The van der Waals surface area contributed by atoms with E-state index < -0.39 is 0 Å². The van der Waals surface area contributed by atoms with Gasteiger partial charge in [-0.1, -0.05) is 12.1 Å². The fourth-order valence-corrected chi connectivity index (χ4v) is 2.56. The summed E-state index contributed by atoms with van der Waals surface area (Å²) in [5.74, 6) is 0.333. The highest BCUT2D eigenvalue weighted by molar-refractivity contribution is 5.91. The SMILES string of the molecule is COC(=O)c1cccc(C2CCNCC2)c1C. The van der Waals surface area contributed by atoms with Gasteiger partial charge in [0, 0.05) is 0 Å². The van der Waals surface area contributed by atoms with Crippen LogP contribution in [-0.4, -0.2) is 26.2 Å². The lowest BCUT2D eigenvalue weighted by molar-refractivity contribution is 0.0599. The van der Waals surface area contributed by atoms with E-state index in [9.17, 15) is 4.79 Å². The third-order valence-electron chi connectivity index (χ3n) is 3.56. The fraction of sp³-hybridized carbons (Fsp3) is 0.500. The normalized spacial score (nSPS) is 16.8. The average molecular weight is 233 g/mol. The first-order valence-electron chi connectivity index (χ1n) is 6.12. The molecule has 2 rings (SSSR count). The highest BCUT2D eigenvalue weighted by Crippen LogP contribution is 2.29. The van der Waals surface area contributed by atoms with Crippen LogP contribution >= 0.6 is 0 Å². The molecule has 1 N–H and O–H groups in total. The van der Waals surface area contributed by atoms with Crippen molar-refractivity contribution in [3.8, 4) is 0 Å². The fourth-order valence-electron chi connectivity index (χ4n) is 2.56. The number of nitrogens with one attached hydrogen (secondary N) is 1. The number of hydrogen-bond acceptors (Lipinski definition) is 3. The van der Waals surface area contributed by atoms with Crippen LogP contribution in [0, 0.1) is 6.92 Å². The van der Waals surface area contributed by atoms with Crippen molar-refractivity contribution in [3.63, 3.8) is 0 Å². The minimum atomic E-state index is -0.238. The van der Waals surface area contributed by atoms with Crippen molar-refractivity contribution in [2.45, 2.75) is 25.7 Å². The van der Waals surface area contributed by atoms with E-state index in [2.05, 4.69) is 11.4 Å². The van der Waals surface area contributed by atoms with Crippen LogP contribution in [0.3, 0.4) is 0 Å². The number of hydrogen-bond donors (Lipinski definition) is 1. The van der Waals surface area contributed by atoms with Crippen molar-refractivity contribution in [1.82, 2.24) is 5.32 Å². The summed E-state index contributed by atoms with van der Waals surface area (Å²) < 4.78 is 4.81. The van der Waals surface area contributed by atoms with Gasteiger partial charge in [0.2, 0.25) is 0 Å². The van der Waals surface area contributed by atoms with Crippen molar-refractivity contribution in [2.24, 2.45) is 0 Å². The Labute approximate surface area is 102 Å². The van der Waals surface area contributed by atoms with Gasteiger partial charge in [0.15, 0.2) is 0 Å². The highest BCUT2D eigenvalue weighted by Gasteiger charge is 2.20. The molecule has 0 aromatic heterocycles. The second-order valence-electron chi connectivity index (χ2n) is 4.54. The van der Waals surface area contributed by atoms with Crippen molar-refractivity contribution in [1.29, 1.82) is 0 Å². The van der Waals surface area contributed by atoms with Crippen LogP contribution in [0.2, 0.25) is 0 Å². The summed E-state index contributed by atoms with van der Waals surface area (Å²) >= 11 is 0. The Kier molecular flexibility index (Phi) is 3.79. The largest absolute Gasteiger partial charge is 0.465 e. The molecule has 1 aliphatic rings. The van der Waals surface area contributed by atoms with Crippen LogP contribution < -0.4 is 5.32 Å². The summed E-state index contributed by atoms with van der Waals surface area (Å²) in [6.07, 6.45) is 2.29. The third kappa shape index (κ3) is 2.50. The van der Waals surface area contributed by atoms with E-state index in [1.54, 1.807) is 0 Å². The van der Waals surface area contributed by atoms with E-state index in [0.717, 1.165) is 31.5 Å². The predicted molar refractivity (Wildman–Crippen MR) is 67.4 cm³/mol. The van der Waals surface area contributed by atoms with E-state index >= 15 is 0 Å². The molecule has 3 heteroatoms. The van der Waals surface area contributed by atoms with Crippen LogP contribution in [0.5, 0.6) is 0 Å². The second kappa shape index (κ2) is 5.32. The Balaban J connectivity index is 2.31. The second-order valence-corrected chi connectivity index (χ2v) is 4.54. The van der Waals surface area contributed by atoms with Gasteiger partial charge in [-0.05, 0) is 56.0 Å². The maximum absolute atomic E-state index is 11.6. The molecule has 1 saturated heterocycles. The lowest BCUT2D eigenvalue weighted by Gasteiger charge is -2.25. The summed E-state index contributed by atoms with van der Waals surface area (Å²) in [5, 5.41) is 3.36. The van der Waals surface area contributed by atoms with Crippen LogP contribution in [0.15, 0.2) is 18.2 Å². The molecular formula is C14H19NO2. The molecule has 0 radical (unpaired) electrons. The number of esters is 1. The molecule has 0 unspecified atom stereocenters. The Hall–Kier alpha value is -1.35. The molecule has 0 saturated carbocycles. The smallest absolute Gasteiger partial charge is 0.338 e. The van der Waals surface area contributed by atoms with Crippen molar-refractivity contribution >= 4 is 5.97 Å². The van der Waals surface area contributed by atoms with E-state index in [4.69, 9.17) is 4.74 Å². The van der Waals surface area contributed by atoms with Gasteiger partial charge in [0.25, 0.3) is 0 Å². The zero-order chi connectivity index (χ0) is 12.3. The van der Waals surface area contributed by atoms with Gasteiger partial charge >= 0.3 is 5.97 Å². The topological polar surface area (TPSA) is 38.3 Å². The molecular weight excluding hydrogens is 214 g/mol. The molecule has 0 atom stereocenters. The van der Waals surface area contributed by atoms with Crippen LogP contribution in [0.1, 0.15) is 40.2 Å². The Morgan fingerprint density at radius 3 is 2.71 bits per heavy atom. The summed E-state index contributed by atoms with van der Waals surface area (Å²) in [7, 11) is 1.43. The Morgan fingerprint density at radius 1 is 1.35 bits per heavy atom. The molecule has 1 aromatic carbocycles. The standard InChI is InChI=1S/C14H19NO2/c1-10-12(11-6-8-15-9-7-11)4-3-5-13(10)14(16)17-2/h3-5,11,15H,6-9H2,1-2H3. The third-order valence-corrected chi connectivity index (χ3v) is 3.56. The van der Waals surface area contributed by atoms with Gasteiger partial charge in [-0.15, -0.1) is 0 Å². The summed E-state index contributed by atoms with van der Waals surface area (Å²) in [6.45, 7) is 4.14. The number of piperidine rings is 1. The Bertz CT molecular complexity index is 409. The Morgan fingerprint density at radius 2 is 2.06 bits per heavy atom. The number of carbonyl (C=O) groups excluding carboxylic acids is 1. The molecule has 17 heavy (non-hydrogen) atoms. The highest BCUT2D eigenvalue weighted by atomic mass is 16.5. The van der Waals surface area contributed by atoms with E-state index in [0.29, 0.717) is 11.5 Å². The maximum Gasteiger partial charge on any atom is 0.338 e. The van der Waals surface area contributed by atoms with E-state index in [1.165, 1.54) is 12.7 Å². The lowest BCUT2D eigenvalue weighted by Crippen LogP contribution is -2.27. The summed E-state index contributed by atoms with van der Waals surface area (Å²) in [6, 6.07) is 5.93. The molecule has 1 aliphatic heterocycles. The molecule has 1 heterocycles. The van der Waals surface area contributed by atoms with Gasteiger partial charge in [0.1, 0.15) is 0 Å². The molecule has 3 nitrogen and oxygen atoms in total. The molecule has 1 fully saturated rings. The predicted octanol–water partition coefficient (Wildman–Crippen LogP) is 2.25. The first kappa shape index (κ1) is 12.1. The van der Waals surface area contributed by atoms with Gasteiger partial charge in [0.05, 0.1) is 12.7 Å². The zero-order valence-electron chi connectivity index (χ0n) is 10.5. The first-order valence-corrected chi connectivity index (χ1v) is 6.12. The minimum Gasteiger partial charge on any atom is -0.465 e. The zero-order valence-corrected chi connectivity index (χ0v) is 10.5. The molecule has 0 amide bonds.